The molecule has 1 fully saturated rings. The molecule has 19 heavy (non-hydrogen) atoms. The second-order valence-corrected chi connectivity index (χ2v) is 4.94. The van der Waals surface area contributed by atoms with Crippen LogP contribution in [0.4, 0.5) is 5.82 Å². The monoisotopic (exact) mass is 263 g/mol. The van der Waals surface area contributed by atoms with E-state index in [0.717, 1.165) is 38.6 Å². The average Bonchev–Trinajstić information content (AvgIpc) is 2.96. The van der Waals surface area contributed by atoms with Crippen LogP contribution in [-0.2, 0) is 11.3 Å². The fraction of sp³-hybridized carbons (Fsp3) is 0.667. The summed E-state index contributed by atoms with van der Waals surface area (Å²) in [6, 6.07) is 4.17. The molecular formula is C15H25N3O. The summed E-state index contributed by atoms with van der Waals surface area (Å²) in [5.74, 6) is 1.10. The van der Waals surface area contributed by atoms with Crippen molar-refractivity contribution >= 4 is 5.82 Å². The lowest BCUT2D eigenvalue weighted by Crippen LogP contribution is -2.33. The van der Waals surface area contributed by atoms with Crippen LogP contribution in [0.3, 0.4) is 0 Å². The molecule has 0 spiro atoms. The number of rotatable bonds is 7. The summed E-state index contributed by atoms with van der Waals surface area (Å²) in [6.45, 7) is 8.99. The second kappa shape index (κ2) is 7.46. The second-order valence-electron chi connectivity index (χ2n) is 4.94. The molecule has 1 N–H and O–H groups in total. The van der Waals surface area contributed by atoms with Gasteiger partial charge in [-0.3, -0.25) is 0 Å². The summed E-state index contributed by atoms with van der Waals surface area (Å²) in [6.07, 6.45) is 4.61. The normalized spacial score (nSPS) is 18.7. The molecular weight excluding hydrogens is 238 g/mol. The number of nitrogens with zero attached hydrogens (tertiary/aromatic N) is 2. The Kier molecular flexibility index (Phi) is 5.61. The molecule has 4 nitrogen and oxygen atoms in total. The van der Waals surface area contributed by atoms with Crippen LogP contribution in [0.15, 0.2) is 18.3 Å². The summed E-state index contributed by atoms with van der Waals surface area (Å²) >= 11 is 0. The van der Waals surface area contributed by atoms with Gasteiger partial charge in [0.1, 0.15) is 5.82 Å². The molecule has 1 unspecified atom stereocenters. The largest absolute Gasteiger partial charge is 0.376 e. The number of pyridine rings is 1. The third-order valence-corrected chi connectivity index (χ3v) is 3.56. The van der Waals surface area contributed by atoms with E-state index in [1.807, 2.05) is 12.3 Å². The molecule has 0 saturated carbocycles. The first-order chi connectivity index (χ1) is 9.35. The Morgan fingerprint density at radius 3 is 3.05 bits per heavy atom. The highest BCUT2D eigenvalue weighted by atomic mass is 16.5. The Labute approximate surface area is 116 Å². The maximum absolute atomic E-state index is 5.74. The molecule has 1 atom stereocenters. The van der Waals surface area contributed by atoms with Gasteiger partial charge < -0.3 is 15.0 Å². The minimum absolute atomic E-state index is 0.369. The van der Waals surface area contributed by atoms with Crippen LogP contribution in [0.5, 0.6) is 0 Å². The summed E-state index contributed by atoms with van der Waals surface area (Å²) in [4.78, 5) is 6.91. The fourth-order valence-corrected chi connectivity index (χ4v) is 2.51. The maximum atomic E-state index is 5.74. The lowest BCUT2D eigenvalue weighted by molar-refractivity contribution is 0.115. The van der Waals surface area contributed by atoms with Gasteiger partial charge in [0.2, 0.25) is 0 Å². The molecule has 0 amide bonds. The van der Waals surface area contributed by atoms with Crippen molar-refractivity contribution in [1.29, 1.82) is 0 Å². The highest BCUT2D eigenvalue weighted by Gasteiger charge is 2.20. The number of nitrogens with one attached hydrogen (secondary N) is 1. The number of ether oxygens (including phenoxy) is 1. The zero-order valence-corrected chi connectivity index (χ0v) is 12.1. The minimum atomic E-state index is 0.369. The first-order valence-electron chi connectivity index (χ1n) is 7.36. The number of likely N-dealkylation sites (N-methyl/N-ethyl adjacent to an activating group) is 1. The summed E-state index contributed by atoms with van der Waals surface area (Å²) in [5, 5.41) is 3.38. The van der Waals surface area contributed by atoms with Gasteiger partial charge in [-0.05, 0) is 32.4 Å². The fourth-order valence-electron chi connectivity index (χ4n) is 2.51. The Morgan fingerprint density at radius 1 is 1.47 bits per heavy atom. The van der Waals surface area contributed by atoms with Crippen molar-refractivity contribution < 1.29 is 4.74 Å². The van der Waals surface area contributed by atoms with E-state index in [0.29, 0.717) is 6.10 Å². The van der Waals surface area contributed by atoms with Crippen molar-refractivity contribution in [2.45, 2.75) is 39.3 Å². The molecule has 1 aliphatic rings. The Bertz CT molecular complexity index is 377. The van der Waals surface area contributed by atoms with Crippen molar-refractivity contribution in [3.05, 3.63) is 23.9 Å². The molecule has 0 radical (unpaired) electrons. The van der Waals surface area contributed by atoms with Crippen LogP contribution in [0, 0.1) is 0 Å². The number of hydrogen-bond acceptors (Lipinski definition) is 4. The van der Waals surface area contributed by atoms with Gasteiger partial charge in [0.25, 0.3) is 0 Å². The lowest BCUT2D eigenvalue weighted by atomic mass is 10.2. The van der Waals surface area contributed by atoms with Crippen LogP contribution in [0.2, 0.25) is 0 Å². The Hall–Kier alpha value is -1.13. The molecule has 1 aromatic heterocycles. The zero-order valence-electron chi connectivity index (χ0n) is 12.1. The summed E-state index contributed by atoms with van der Waals surface area (Å²) in [5.41, 5.74) is 1.27. The topological polar surface area (TPSA) is 37.4 Å². The van der Waals surface area contributed by atoms with Crippen molar-refractivity contribution in [3.8, 4) is 0 Å². The number of hydrogen-bond donors (Lipinski definition) is 1. The highest BCUT2D eigenvalue weighted by Crippen LogP contribution is 2.20. The van der Waals surface area contributed by atoms with Gasteiger partial charge >= 0.3 is 0 Å². The molecule has 4 heteroatoms. The van der Waals surface area contributed by atoms with Gasteiger partial charge in [-0.1, -0.05) is 13.0 Å². The van der Waals surface area contributed by atoms with Crippen molar-refractivity contribution in [3.63, 3.8) is 0 Å². The Morgan fingerprint density at radius 2 is 2.37 bits per heavy atom. The molecule has 1 aromatic rings. The smallest absolute Gasteiger partial charge is 0.133 e. The van der Waals surface area contributed by atoms with Crippen molar-refractivity contribution in [2.75, 3.05) is 31.1 Å². The molecule has 0 aliphatic carbocycles. The summed E-state index contributed by atoms with van der Waals surface area (Å²) < 4.78 is 5.74. The predicted molar refractivity (Wildman–Crippen MR) is 78.5 cm³/mol. The van der Waals surface area contributed by atoms with Gasteiger partial charge in [0.05, 0.1) is 6.10 Å². The van der Waals surface area contributed by atoms with E-state index in [9.17, 15) is 0 Å². The minimum Gasteiger partial charge on any atom is -0.376 e. The predicted octanol–water partition coefficient (Wildman–Crippen LogP) is 2.20. The van der Waals surface area contributed by atoms with E-state index < -0.39 is 0 Å². The molecule has 2 rings (SSSR count). The van der Waals surface area contributed by atoms with E-state index >= 15 is 0 Å². The van der Waals surface area contributed by atoms with Gasteiger partial charge in [0.15, 0.2) is 0 Å². The van der Waals surface area contributed by atoms with Crippen LogP contribution >= 0.6 is 0 Å². The van der Waals surface area contributed by atoms with Gasteiger partial charge in [-0.2, -0.15) is 0 Å². The SMILES string of the molecule is CCNCc1cccnc1N(CC)CC1CCCO1. The zero-order chi connectivity index (χ0) is 13.5. The van der Waals surface area contributed by atoms with E-state index in [2.05, 4.69) is 35.1 Å². The van der Waals surface area contributed by atoms with Crippen LogP contribution < -0.4 is 10.2 Å². The van der Waals surface area contributed by atoms with Crippen molar-refractivity contribution in [2.24, 2.45) is 0 Å². The van der Waals surface area contributed by atoms with E-state index in [4.69, 9.17) is 4.74 Å². The van der Waals surface area contributed by atoms with Gasteiger partial charge in [0, 0.05) is 38.0 Å². The van der Waals surface area contributed by atoms with Crippen LogP contribution in [0.1, 0.15) is 32.3 Å². The van der Waals surface area contributed by atoms with E-state index in [-0.39, 0.29) is 0 Å². The van der Waals surface area contributed by atoms with Gasteiger partial charge in [-0.15, -0.1) is 0 Å². The first kappa shape index (κ1) is 14.3. The molecule has 0 aromatic carbocycles. The molecule has 1 saturated heterocycles. The number of anilines is 1. The van der Waals surface area contributed by atoms with Crippen LogP contribution in [0.25, 0.3) is 0 Å². The molecule has 2 heterocycles. The summed E-state index contributed by atoms with van der Waals surface area (Å²) in [7, 11) is 0. The lowest BCUT2D eigenvalue weighted by Gasteiger charge is -2.27. The van der Waals surface area contributed by atoms with Crippen LogP contribution in [-0.4, -0.2) is 37.3 Å². The van der Waals surface area contributed by atoms with E-state index in [1.165, 1.54) is 18.4 Å². The standard InChI is InChI=1S/C15H25N3O/c1-3-16-11-13-7-5-9-17-15(13)18(4-2)12-14-8-6-10-19-14/h5,7,9,14,16H,3-4,6,8,10-12H2,1-2H3. The van der Waals surface area contributed by atoms with Crippen molar-refractivity contribution in [1.82, 2.24) is 10.3 Å². The Balaban J connectivity index is 2.07. The third-order valence-electron chi connectivity index (χ3n) is 3.56. The first-order valence-corrected chi connectivity index (χ1v) is 7.36. The quantitative estimate of drug-likeness (QED) is 0.818. The molecule has 1 aliphatic heterocycles. The third kappa shape index (κ3) is 3.91. The van der Waals surface area contributed by atoms with E-state index in [1.54, 1.807) is 0 Å². The molecule has 106 valence electrons. The maximum Gasteiger partial charge on any atom is 0.133 e. The van der Waals surface area contributed by atoms with Gasteiger partial charge in [-0.25, -0.2) is 4.98 Å². The molecule has 0 bridgehead atoms. The average molecular weight is 263 g/mol. The number of aromatic nitrogens is 1. The highest BCUT2D eigenvalue weighted by molar-refractivity contribution is 5.46.